The third-order valence-electron chi connectivity index (χ3n) is 2.51. The number of carbonyl (C=O) groups excluding carboxylic acids is 1. The number of nitrogens with zero attached hydrogens (tertiary/aromatic N) is 1. The van der Waals surface area contributed by atoms with Crippen molar-refractivity contribution < 1.29 is 4.79 Å². The second-order valence-corrected chi connectivity index (χ2v) is 3.94. The van der Waals surface area contributed by atoms with Crippen molar-refractivity contribution in [1.82, 2.24) is 4.98 Å². The zero-order valence-corrected chi connectivity index (χ0v) is 10.1. The highest BCUT2D eigenvalue weighted by Crippen LogP contribution is 2.12. The van der Waals surface area contributed by atoms with Gasteiger partial charge in [0, 0.05) is 12.7 Å². The summed E-state index contributed by atoms with van der Waals surface area (Å²) in [6.07, 6.45) is 6.57. The molecule has 0 aliphatic rings. The number of hydrogen-bond donors (Lipinski definition) is 1. The fraction of sp³-hybridized carbons (Fsp3) is 0.538. The lowest BCUT2D eigenvalue weighted by molar-refractivity contribution is 0.101. The van der Waals surface area contributed by atoms with Crippen LogP contribution in [-0.4, -0.2) is 17.3 Å². The SMILES string of the molecule is CCCCCCNc1ncccc1C(C)=O. The first-order chi connectivity index (χ1) is 7.75. The molecule has 16 heavy (non-hydrogen) atoms. The normalized spacial score (nSPS) is 10.1. The van der Waals surface area contributed by atoms with Crippen molar-refractivity contribution in [3.63, 3.8) is 0 Å². The van der Waals surface area contributed by atoms with Crippen LogP contribution in [0.5, 0.6) is 0 Å². The maximum absolute atomic E-state index is 11.3. The van der Waals surface area contributed by atoms with Gasteiger partial charge in [-0.05, 0) is 25.5 Å². The van der Waals surface area contributed by atoms with E-state index in [1.54, 1.807) is 19.2 Å². The molecule has 3 heteroatoms. The van der Waals surface area contributed by atoms with Crippen molar-refractivity contribution in [1.29, 1.82) is 0 Å². The number of unbranched alkanes of at least 4 members (excludes halogenated alkanes) is 3. The molecule has 0 spiro atoms. The van der Waals surface area contributed by atoms with Crippen LogP contribution in [0.15, 0.2) is 18.3 Å². The minimum absolute atomic E-state index is 0.0594. The third kappa shape index (κ3) is 4.01. The number of aromatic nitrogens is 1. The maximum Gasteiger partial charge on any atom is 0.163 e. The van der Waals surface area contributed by atoms with E-state index in [1.807, 2.05) is 6.07 Å². The summed E-state index contributed by atoms with van der Waals surface area (Å²) in [6.45, 7) is 4.65. The van der Waals surface area contributed by atoms with Crippen molar-refractivity contribution in [2.45, 2.75) is 39.5 Å². The van der Waals surface area contributed by atoms with E-state index in [-0.39, 0.29) is 5.78 Å². The molecule has 1 rings (SSSR count). The molecule has 0 aliphatic heterocycles. The Morgan fingerprint density at radius 3 is 2.88 bits per heavy atom. The number of carbonyl (C=O) groups is 1. The van der Waals surface area contributed by atoms with E-state index in [0.717, 1.165) is 13.0 Å². The van der Waals surface area contributed by atoms with E-state index < -0.39 is 0 Å². The van der Waals surface area contributed by atoms with Gasteiger partial charge < -0.3 is 5.32 Å². The van der Waals surface area contributed by atoms with Crippen LogP contribution in [0.3, 0.4) is 0 Å². The van der Waals surface area contributed by atoms with Gasteiger partial charge in [0.05, 0.1) is 5.56 Å². The number of rotatable bonds is 7. The van der Waals surface area contributed by atoms with Gasteiger partial charge in [-0.1, -0.05) is 26.2 Å². The maximum atomic E-state index is 11.3. The average molecular weight is 220 g/mol. The van der Waals surface area contributed by atoms with Crippen LogP contribution in [0.2, 0.25) is 0 Å². The monoisotopic (exact) mass is 220 g/mol. The van der Waals surface area contributed by atoms with E-state index >= 15 is 0 Å². The minimum atomic E-state index is 0.0594. The van der Waals surface area contributed by atoms with E-state index in [1.165, 1.54) is 19.3 Å². The fourth-order valence-corrected chi connectivity index (χ4v) is 1.59. The highest BCUT2D eigenvalue weighted by atomic mass is 16.1. The molecular formula is C13H20N2O. The van der Waals surface area contributed by atoms with Gasteiger partial charge in [0.1, 0.15) is 5.82 Å². The molecule has 0 bridgehead atoms. The highest BCUT2D eigenvalue weighted by molar-refractivity contribution is 5.98. The predicted octanol–water partition coefficient (Wildman–Crippen LogP) is 3.28. The smallest absolute Gasteiger partial charge is 0.163 e. The van der Waals surface area contributed by atoms with Crippen molar-refractivity contribution in [2.75, 3.05) is 11.9 Å². The lowest BCUT2D eigenvalue weighted by atomic mass is 10.2. The molecule has 0 amide bonds. The number of anilines is 1. The summed E-state index contributed by atoms with van der Waals surface area (Å²) >= 11 is 0. The van der Waals surface area contributed by atoms with Crippen LogP contribution in [0.1, 0.15) is 49.9 Å². The number of ketones is 1. The summed E-state index contributed by atoms with van der Waals surface area (Å²) in [6, 6.07) is 3.60. The van der Waals surface area contributed by atoms with Gasteiger partial charge in [-0.3, -0.25) is 4.79 Å². The molecule has 1 aromatic heterocycles. The number of Topliss-reactive ketones (excluding diaryl/α,β-unsaturated/α-hetero) is 1. The summed E-state index contributed by atoms with van der Waals surface area (Å²) < 4.78 is 0. The largest absolute Gasteiger partial charge is 0.369 e. The van der Waals surface area contributed by atoms with Crippen molar-refractivity contribution in [3.05, 3.63) is 23.9 Å². The standard InChI is InChI=1S/C13H20N2O/c1-3-4-5-6-9-14-13-12(11(2)16)8-7-10-15-13/h7-8,10H,3-6,9H2,1-2H3,(H,14,15). The minimum Gasteiger partial charge on any atom is -0.369 e. The van der Waals surface area contributed by atoms with E-state index in [0.29, 0.717) is 11.4 Å². The summed E-state index contributed by atoms with van der Waals surface area (Å²) in [4.78, 5) is 15.5. The van der Waals surface area contributed by atoms with Crippen LogP contribution in [-0.2, 0) is 0 Å². The van der Waals surface area contributed by atoms with Gasteiger partial charge in [-0.2, -0.15) is 0 Å². The third-order valence-corrected chi connectivity index (χ3v) is 2.51. The number of nitrogens with one attached hydrogen (secondary N) is 1. The Hall–Kier alpha value is -1.38. The predicted molar refractivity (Wildman–Crippen MR) is 66.9 cm³/mol. The van der Waals surface area contributed by atoms with Gasteiger partial charge in [0.2, 0.25) is 0 Å². The Balaban J connectivity index is 2.44. The lowest BCUT2D eigenvalue weighted by Crippen LogP contribution is -2.08. The van der Waals surface area contributed by atoms with Gasteiger partial charge in [-0.25, -0.2) is 4.98 Å². The summed E-state index contributed by atoms with van der Waals surface area (Å²) in [5.74, 6) is 0.774. The zero-order chi connectivity index (χ0) is 11.8. The van der Waals surface area contributed by atoms with Gasteiger partial charge >= 0.3 is 0 Å². The molecule has 88 valence electrons. The van der Waals surface area contributed by atoms with Crippen LogP contribution in [0, 0.1) is 0 Å². The van der Waals surface area contributed by atoms with E-state index in [9.17, 15) is 4.79 Å². The first kappa shape index (κ1) is 12.7. The molecule has 0 saturated carbocycles. The zero-order valence-electron chi connectivity index (χ0n) is 10.1. The summed E-state index contributed by atoms with van der Waals surface area (Å²) in [5.41, 5.74) is 0.679. The molecular weight excluding hydrogens is 200 g/mol. The highest BCUT2D eigenvalue weighted by Gasteiger charge is 2.06. The number of hydrogen-bond acceptors (Lipinski definition) is 3. The Morgan fingerprint density at radius 2 is 2.19 bits per heavy atom. The fourth-order valence-electron chi connectivity index (χ4n) is 1.59. The Labute approximate surface area is 97.3 Å². The first-order valence-electron chi connectivity index (χ1n) is 5.95. The second-order valence-electron chi connectivity index (χ2n) is 3.94. The molecule has 0 fully saturated rings. The van der Waals surface area contributed by atoms with Crippen molar-refractivity contribution in [2.24, 2.45) is 0 Å². The van der Waals surface area contributed by atoms with Gasteiger partial charge in [-0.15, -0.1) is 0 Å². The van der Waals surface area contributed by atoms with Crippen LogP contribution < -0.4 is 5.32 Å². The molecule has 0 saturated heterocycles. The molecule has 1 heterocycles. The molecule has 3 nitrogen and oxygen atoms in total. The van der Waals surface area contributed by atoms with E-state index in [4.69, 9.17) is 0 Å². The molecule has 0 unspecified atom stereocenters. The summed E-state index contributed by atoms with van der Waals surface area (Å²) in [5, 5.41) is 3.22. The first-order valence-corrected chi connectivity index (χ1v) is 5.95. The molecule has 1 aromatic rings. The van der Waals surface area contributed by atoms with Gasteiger partial charge in [0.25, 0.3) is 0 Å². The second kappa shape index (κ2) is 6.99. The lowest BCUT2D eigenvalue weighted by Gasteiger charge is -2.08. The molecule has 0 aliphatic carbocycles. The quantitative estimate of drug-likeness (QED) is 0.566. The Kier molecular flexibility index (Phi) is 5.54. The molecule has 0 radical (unpaired) electrons. The van der Waals surface area contributed by atoms with Gasteiger partial charge in [0.15, 0.2) is 5.78 Å². The molecule has 0 aromatic carbocycles. The van der Waals surface area contributed by atoms with Crippen LogP contribution in [0.25, 0.3) is 0 Å². The summed E-state index contributed by atoms with van der Waals surface area (Å²) in [7, 11) is 0. The number of pyridine rings is 1. The van der Waals surface area contributed by atoms with Crippen molar-refractivity contribution in [3.8, 4) is 0 Å². The van der Waals surface area contributed by atoms with Crippen molar-refractivity contribution >= 4 is 11.6 Å². The topological polar surface area (TPSA) is 42.0 Å². The van der Waals surface area contributed by atoms with Crippen LogP contribution >= 0.6 is 0 Å². The Morgan fingerprint density at radius 1 is 1.38 bits per heavy atom. The van der Waals surface area contributed by atoms with Crippen LogP contribution in [0.4, 0.5) is 5.82 Å². The molecule has 1 N–H and O–H groups in total. The van der Waals surface area contributed by atoms with E-state index in [2.05, 4.69) is 17.2 Å². The Bertz CT molecular complexity index is 336. The average Bonchev–Trinajstić information content (AvgIpc) is 2.29. The molecule has 0 atom stereocenters.